The van der Waals surface area contributed by atoms with Crippen molar-refractivity contribution in [2.75, 3.05) is 13.1 Å². The zero-order chi connectivity index (χ0) is 21.9. The smallest absolute Gasteiger partial charge is 0.248 e. The maximum atomic E-state index is 13.8. The van der Waals surface area contributed by atoms with Gasteiger partial charge in [-0.25, -0.2) is 12.8 Å². The van der Waals surface area contributed by atoms with Crippen molar-refractivity contribution in [2.24, 2.45) is 5.92 Å². The van der Waals surface area contributed by atoms with Crippen molar-refractivity contribution in [1.29, 1.82) is 0 Å². The van der Waals surface area contributed by atoms with Crippen molar-refractivity contribution in [2.45, 2.75) is 44.6 Å². The molecule has 0 saturated carbocycles. The number of rotatable bonds is 6. The van der Waals surface area contributed by atoms with Crippen LogP contribution in [0.4, 0.5) is 4.39 Å². The molecular formula is C21H26FN3O4S. The zero-order valence-electron chi connectivity index (χ0n) is 17.3. The second-order valence-corrected chi connectivity index (χ2v) is 9.53. The highest BCUT2D eigenvalue weighted by Crippen LogP contribution is 2.29. The van der Waals surface area contributed by atoms with Gasteiger partial charge in [0.25, 0.3) is 0 Å². The van der Waals surface area contributed by atoms with Gasteiger partial charge in [0.1, 0.15) is 11.5 Å². The van der Waals surface area contributed by atoms with E-state index in [2.05, 4.69) is 10.5 Å². The van der Waals surface area contributed by atoms with Gasteiger partial charge in [0.2, 0.25) is 15.9 Å². The number of amides is 1. The second-order valence-electron chi connectivity index (χ2n) is 7.66. The van der Waals surface area contributed by atoms with Crippen LogP contribution < -0.4 is 5.32 Å². The molecule has 0 radical (unpaired) electrons. The minimum Gasteiger partial charge on any atom is -0.355 e. The number of sulfonamides is 1. The fourth-order valence-electron chi connectivity index (χ4n) is 3.46. The SMILES string of the molecule is Cc1noc(C=Cc2ccccc2F)c1S(=O)(=O)N1CCC(C(=O)NC(C)C)CC1. The molecule has 0 bridgehead atoms. The number of benzene rings is 1. The van der Waals surface area contributed by atoms with Crippen LogP contribution >= 0.6 is 0 Å². The summed E-state index contributed by atoms with van der Waals surface area (Å²) in [6.07, 6.45) is 3.76. The van der Waals surface area contributed by atoms with Gasteiger partial charge in [0.15, 0.2) is 10.7 Å². The van der Waals surface area contributed by atoms with E-state index in [1.165, 1.54) is 22.5 Å². The van der Waals surface area contributed by atoms with E-state index in [1.54, 1.807) is 25.1 Å². The Balaban J connectivity index is 1.78. The molecule has 0 spiro atoms. The van der Waals surface area contributed by atoms with Crippen molar-refractivity contribution < 1.29 is 22.1 Å². The van der Waals surface area contributed by atoms with Gasteiger partial charge >= 0.3 is 0 Å². The molecule has 3 rings (SSSR count). The molecular weight excluding hydrogens is 409 g/mol. The predicted octanol–water partition coefficient (Wildman–Crippen LogP) is 3.22. The van der Waals surface area contributed by atoms with Gasteiger partial charge in [-0.3, -0.25) is 4.79 Å². The average Bonchev–Trinajstić information content (AvgIpc) is 3.08. The summed E-state index contributed by atoms with van der Waals surface area (Å²) in [6, 6.07) is 6.21. The summed E-state index contributed by atoms with van der Waals surface area (Å²) in [7, 11) is -3.87. The number of aromatic nitrogens is 1. The quantitative estimate of drug-likeness (QED) is 0.752. The van der Waals surface area contributed by atoms with E-state index < -0.39 is 15.8 Å². The van der Waals surface area contributed by atoms with Crippen molar-refractivity contribution in [3.05, 3.63) is 47.1 Å². The average molecular weight is 436 g/mol. The predicted molar refractivity (Wildman–Crippen MR) is 111 cm³/mol. The van der Waals surface area contributed by atoms with Gasteiger partial charge in [-0.1, -0.05) is 23.4 Å². The first-order valence-electron chi connectivity index (χ1n) is 9.89. The second kappa shape index (κ2) is 9.09. The number of nitrogens with one attached hydrogen (secondary N) is 1. The number of nitrogens with zero attached hydrogens (tertiary/aromatic N) is 2. The molecule has 0 aliphatic carbocycles. The largest absolute Gasteiger partial charge is 0.355 e. The number of halogens is 1. The summed E-state index contributed by atoms with van der Waals surface area (Å²) >= 11 is 0. The highest BCUT2D eigenvalue weighted by atomic mass is 32.2. The molecule has 1 aromatic heterocycles. The van der Waals surface area contributed by atoms with E-state index in [1.807, 2.05) is 13.8 Å². The van der Waals surface area contributed by atoms with Crippen LogP contribution in [0.25, 0.3) is 12.2 Å². The maximum absolute atomic E-state index is 13.8. The fourth-order valence-corrected chi connectivity index (χ4v) is 5.18. The van der Waals surface area contributed by atoms with E-state index in [9.17, 15) is 17.6 Å². The molecule has 1 aliphatic heterocycles. The molecule has 7 nitrogen and oxygen atoms in total. The number of piperidine rings is 1. The highest BCUT2D eigenvalue weighted by molar-refractivity contribution is 7.89. The summed E-state index contributed by atoms with van der Waals surface area (Å²) in [4.78, 5) is 12.2. The maximum Gasteiger partial charge on any atom is 0.248 e. The number of carbonyl (C=O) groups excluding carboxylic acids is 1. The molecule has 30 heavy (non-hydrogen) atoms. The monoisotopic (exact) mass is 435 g/mol. The topological polar surface area (TPSA) is 92.5 Å². The molecule has 1 amide bonds. The lowest BCUT2D eigenvalue weighted by Gasteiger charge is -2.30. The zero-order valence-corrected chi connectivity index (χ0v) is 18.1. The third-order valence-electron chi connectivity index (χ3n) is 5.01. The third kappa shape index (κ3) is 4.79. The van der Waals surface area contributed by atoms with Gasteiger partial charge < -0.3 is 9.84 Å². The molecule has 162 valence electrons. The Hall–Kier alpha value is -2.52. The van der Waals surface area contributed by atoms with Crippen LogP contribution in [0.1, 0.15) is 43.7 Å². The van der Waals surface area contributed by atoms with E-state index in [0.29, 0.717) is 18.4 Å². The fraction of sp³-hybridized carbons (Fsp3) is 0.429. The molecule has 2 heterocycles. The van der Waals surface area contributed by atoms with Gasteiger partial charge in [-0.05, 0) is 51.8 Å². The molecule has 2 aromatic rings. The Labute approximate surface area is 176 Å². The van der Waals surface area contributed by atoms with Gasteiger partial charge in [0, 0.05) is 30.6 Å². The van der Waals surface area contributed by atoms with E-state index >= 15 is 0 Å². The van der Waals surface area contributed by atoms with Crippen LogP contribution in [-0.2, 0) is 14.8 Å². The van der Waals surface area contributed by atoms with Crippen LogP contribution in [0, 0.1) is 18.7 Å². The first-order valence-corrected chi connectivity index (χ1v) is 11.3. The van der Waals surface area contributed by atoms with E-state index in [-0.39, 0.29) is 47.3 Å². The van der Waals surface area contributed by atoms with Crippen LogP contribution in [0.3, 0.4) is 0 Å². The summed E-state index contributed by atoms with van der Waals surface area (Å²) < 4.78 is 46.9. The number of hydrogen-bond acceptors (Lipinski definition) is 5. The number of aryl methyl sites for hydroxylation is 1. The van der Waals surface area contributed by atoms with E-state index in [4.69, 9.17) is 4.52 Å². The molecule has 1 fully saturated rings. The van der Waals surface area contributed by atoms with E-state index in [0.717, 1.165) is 0 Å². The Morgan fingerprint density at radius 3 is 2.57 bits per heavy atom. The number of carbonyl (C=O) groups is 1. The summed E-state index contributed by atoms with van der Waals surface area (Å²) in [5, 5.41) is 6.68. The molecule has 1 aromatic carbocycles. The van der Waals surface area contributed by atoms with Gasteiger partial charge in [0.05, 0.1) is 0 Å². The Morgan fingerprint density at radius 1 is 1.27 bits per heavy atom. The van der Waals surface area contributed by atoms with Crippen LogP contribution in [0.15, 0.2) is 33.7 Å². The van der Waals surface area contributed by atoms with Gasteiger partial charge in [-0.2, -0.15) is 4.31 Å². The molecule has 1 N–H and O–H groups in total. The first-order chi connectivity index (χ1) is 14.2. The number of hydrogen-bond donors (Lipinski definition) is 1. The van der Waals surface area contributed by atoms with Gasteiger partial charge in [-0.15, -0.1) is 0 Å². The standard InChI is InChI=1S/C21H26FN3O4S/c1-14(2)23-21(26)17-10-12-25(13-11-17)30(27,28)20-15(3)24-29-19(20)9-8-16-6-4-5-7-18(16)22/h4-9,14,17H,10-13H2,1-3H3,(H,23,26). The summed E-state index contributed by atoms with van der Waals surface area (Å²) in [5.41, 5.74) is 0.551. The molecule has 9 heteroatoms. The third-order valence-corrected chi connectivity index (χ3v) is 7.06. The Bertz CT molecular complexity index is 1040. The minimum atomic E-state index is -3.87. The molecule has 1 aliphatic rings. The lowest BCUT2D eigenvalue weighted by Crippen LogP contribution is -2.44. The van der Waals surface area contributed by atoms with Crippen molar-refractivity contribution in [3.63, 3.8) is 0 Å². The summed E-state index contributed by atoms with van der Waals surface area (Å²) in [5.74, 6) is -0.619. The Morgan fingerprint density at radius 2 is 1.93 bits per heavy atom. The molecule has 1 saturated heterocycles. The summed E-state index contributed by atoms with van der Waals surface area (Å²) in [6.45, 7) is 5.81. The Kier molecular flexibility index (Phi) is 6.72. The first kappa shape index (κ1) is 22.2. The van der Waals surface area contributed by atoms with Crippen molar-refractivity contribution in [3.8, 4) is 0 Å². The molecule has 0 atom stereocenters. The van der Waals surface area contributed by atoms with Crippen molar-refractivity contribution >= 4 is 28.1 Å². The lowest BCUT2D eigenvalue weighted by molar-refractivity contribution is -0.126. The van der Waals surface area contributed by atoms with Crippen LogP contribution in [-0.4, -0.2) is 42.9 Å². The lowest BCUT2D eigenvalue weighted by atomic mass is 9.97. The normalized spacial score (nSPS) is 16.4. The highest BCUT2D eigenvalue weighted by Gasteiger charge is 2.35. The van der Waals surface area contributed by atoms with Crippen LogP contribution in [0.5, 0.6) is 0 Å². The molecule has 0 unspecified atom stereocenters. The minimum absolute atomic E-state index is 0.0276. The van der Waals surface area contributed by atoms with Crippen LogP contribution in [0.2, 0.25) is 0 Å². The van der Waals surface area contributed by atoms with Crippen molar-refractivity contribution in [1.82, 2.24) is 14.8 Å².